The van der Waals surface area contributed by atoms with Crippen LogP contribution >= 0.6 is 0 Å². The monoisotopic (exact) mass is 333 g/mol. The lowest BCUT2D eigenvalue weighted by atomic mass is 9.72. The molecule has 8 heteroatoms. The van der Waals surface area contributed by atoms with Gasteiger partial charge in [0.1, 0.15) is 5.73 Å². The third kappa shape index (κ3) is 3.40. The standard InChI is InChI=1S/C14H25BFNO4S/c1-13(2)14(3,4)21-15(20-13)12(16)11-7-10(8-11)9-17(5)22(6,18)19/h10H,7-9H2,1-6H3. The molecule has 0 spiro atoms. The number of rotatable bonds is 4. The maximum Gasteiger partial charge on any atom is 0.525 e. The van der Waals surface area contributed by atoms with Gasteiger partial charge in [0, 0.05) is 13.6 Å². The highest BCUT2D eigenvalue weighted by Gasteiger charge is 2.54. The van der Waals surface area contributed by atoms with Gasteiger partial charge in [-0.3, -0.25) is 0 Å². The van der Waals surface area contributed by atoms with Gasteiger partial charge in [0.25, 0.3) is 0 Å². The van der Waals surface area contributed by atoms with Gasteiger partial charge in [-0.25, -0.2) is 17.1 Å². The maximum atomic E-state index is 14.5. The molecule has 2 aliphatic rings. The molecule has 2 rings (SSSR count). The summed E-state index contributed by atoms with van der Waals surface area (Å²) >= 11 is 0. The molecule has 0 amide bonds. The Morgan fingerprint density at radius 2 is 1.73 bits per heavy atom. The lowest BCUT2D eigenvalue weighted by Crippen LogP contribution is -2.41. The Morgan fingerprint density at radius 1 is 1.27 bits per heavy atom. The van der Waals surface area contributed by atoms with Crippen molar-refractivity contribution in [2.75, 3.05) is 19.8 Å². The summed E-state index contributed by atoms with van der Waals surface area (Å²) in [5.74, 6) is 0.155. The second-order valence-electron chi connectivity index (χ2n) is 7.36. The third-order valence-corrected chi connectivity index (χ3v) is 6.23. The van der Waals surface area contributed by atoms with Crippen molar-refractivity contribution in [3.8, 4) is 0 Å². The zero-order valence-corrected chi connectivity index (χ0v) is 15.0. The SMILES string of the molecule is CN(CC1CC(=C(F)B2OC(C)(C)C(C)(C)O2)C1)S(C)(=O)=O. The van der Waals surface area contributed by atoms with Gasteiger partial charge in [0.2, 0.25) is 10.0 Å². The number of allylic oxidation sites excluding steroid dienone is 1. The van der Waals surface area contributed by atoms with E-state index in [1.165, 1.54) is 10.6 Å². The molecule has 1 aliphatic heterocycles. The van der Waals surface area contributed by atoms with Gasteiger partial charge >= 0.3 is 7.12 Å². The molecule has 0 aromatic heterocycles. The summed E-state index contributed by atoms with van der Waals surface area (Å²) in [7, 11) is -2.59. The molecule has 126 valence electrons. The number of nitrogens with zero attached hydrogens (tertiary/aromatic N) is 1. The summed E-state index contributed by atoms with van der Waals surface area (Å²) in [6, 6.07) is 0. The van der Waals surface area contributed by atoms with Crippen molar-refractivity contribution in [1.29, 1.82) is 0 Å². The molecular weight excluding hydrogens is 308 g/mol. The van der Waals surface area contributed by atoms with Crippen molar-refractivity contribution in [2.45, 2.75) is 51.7 Å². The molecule has 0 bridgehead atoms. The first-order valence-electron chi connectivity index (χ1n) is 7.48. The second kappa shape index (κ2) is 5.58. The normalized spacial score (nSPS) is 27.2. The van der Waals surface area contributed by atoms with E-state index in [0.717, 1.165) is 0 Å². The molecule has 0 N–H and O–H groups in total. The van der Waals surface area contributed by atoms with Crippen LogP contribution in [0.15, 0.2) is 11.3 Å². The van der Waals surface area contributed by atoms with Crippen molar-refractivity contribution < 1.29 is 22.1 Å². The van der Waals surface area contributed by atoms with Crippen LogP contribution in [-0.4, -0.2) is 50.9 Å². The van der Waals surface area contributed by atoms with E-state index in [4.69, 9.17) is 9.31 Å². The summed E-state index contributed by atoms with van der Waals surface area (Å²) in [6.45, 7) is 7.95. The number of hydrogen-bond donors (Lipinski definition) is 0. The quantitative estimate of drug-likeness (QED) is 0.740. The fourth-order valence-electron chi connectivity index (χ4n) is 2.57. The van der Waals surface area contributed by atoms with Crippen LogP contribution < -0.4 is 0 Å². The predicted molar refractivity (Wildman–Crippen MR) is 84.4 cm³/mol. The van der Waals surface area contributed by atoms with Crippen molar-refractivity contribution in [3.63, 3.8) is 0 Å². The van der Waals surface area contributed by atoms with Crippen LogP contribution in [0.2, 0.25) is 0 Å². The minimum absolute atomic E-state index is 0.155. The molecule has 22 heavy (non-hydrogen) atoms. The van der Waals surface area contributed by atoms with Crippen LogP contribution in [0.4, 0.5) is 4.39 Å². The van der Waals surface area contributed by atoms with Crippen LogP contribution in [-0.2, 0) is 19.3 Å². The summed E-state index contributed by atoms with van der Waals surface area (Å²) < 4.78 is 49.9. The molecular formula is C14H25BFNO4S. The minimum Gasteiger partial charge on any atom is -0.398 e. The summed E-state index contributed by atoms with van der Waals surface area (Å²) in [5.41, 5.74) is -0.799. The molecule has 1 saturated carbocycles. The molecule has 0 unspecified atom stereocenters. The Kier molecular flexibility index (Phi) is 4.54. The first-order chi connectivity index (χ1) is 9.83. The van der Waals surface area contributed by atoms with Crippen LogP contribution in [0.25, 0.3) is 0 Å². The maximum absolute atomic E-state index is 14.5. The zero-order valence-electron chi connectivity index (χ0n) is 14.1. The van der Waals surface area contributed by atoms with Crippen molar-refractivity contribution in [1.82, 2.24) is 4.31 Å². The second-order valence-corrected chi connectivity index (χ2v) is 9.45. The largest absolute Gasteiger partial charge is 0.525 e. The van der Waals surface area contributed by atoms with Gasteiger partial charge in [0.05, 0.1) is 17.5 Å². The molecule has 0 aromatic rings. The highest BCUT2D eigenvalue weighted by atomic mass is 32.2. The highest BCUT2D eigenvalue weighted by molar-refractivity contribution is 7.88. The average molecular weight is 333 g/mol. The van der Waals surface area contributed by atoms with E-state index in [9.17, 15) is 12.8 Å². The Morgan fingerprint density at radius 3 is 2.14 bits per heavy atom. The van der Waals surface area contributed by atoms with Crippen molar-refractivity contribution in [3.05, 3.63) is 11.3 Å². The molecule has 1 aliphatic carbocycles. The van der Waals surface area contributed by atoms with Crippen LogP contribution in [0, 0.1) is 5.92 Å². The van der Waals surface area contributed by atoms with E-state index >= 15 is 0 Å². The molecule has 0 radical (unpaired) electrons. The van der Waals surface area contributed by atoms with E-state index in [1.54, 1.807) is 7.05 Å². The lowest BCUT2D eigenvalue weighted by molar-refractivity contribution is 0.00578. The van der Waals surface area contributed by atoms with E-state index in [1.807, 2.05) is 27.7 Å². The van der Waals surface area contributed by atoms with E-state index in [2.05, 4.69) is 0 Å². The minimum atomic E-state index is -3.18. The Hall–Kier alpha value is -0.435. The van der Waals surface area contributed by atoms with Gasteiger partial charge < -0.3 is 9.31 Å². The van der Waals surface area contributed by atoms with Gasteiger partial charge in [-0.15, -0.1) is 0 Å². The molecule has 2 fully saturated rings. The van der Waals surface area contributed by atoms with Gasteiger partial charge in [-0.05, 0) is 52.0 Å². The Balaban J connectivity index is 1.96. The number of hydrogen-bond acceptors (Lipinski definition) is 4. The fourth-order valence-corrected chi connectivity index (χ4v) is 3.06. The molecule has 0 atom stereocenters. The summed E-state index contributed by atoms with van der Waals surface area (Å²) in [4.78, 5) is 0. The molecule has 5 nitrogen and oxygen atoms in total. The van der Waals surface area contributed by atoms with Gasteiger partial charge in [0.15, 0.2) is 0 Å². The Bertz CT molecular complexity index is 564. The smallest absolute Gasteiger partial charge is 0.398 e. The zero-order chi connectivity index (χ0) is 16.9. The molecule has 0 aromatic carbocycles. The van der Waals surface area contributed by atoms with Gasteiger partial charge in [-0.2, -0.15) is 0 Å². The number of sulfonamides is 1. The fraction of sp³-hybridized carbons (Fsp3) is 0.857. The predicted octanol–water partition coefficient (Wildman–Crippen LogP) is 2.14. The number of halogens is 1. The molecule has 1 saturated heterocycles. The van der Waals surface area contributed by atoms with Crippen molar-refractivity contribution >= 4 is 17.1 Å². The van der Waals surface area contributed by atoms with E-state index in [0.29, 0.717) is 25.0 Å². The van der Waals surface area contributed by atoms with Gasteiger partial charge in [-0.1, -0.05) is 0 Å². The first-order valence-corrected chi connectivity index (χ1v) is 9.33. The third-order valence-electron chi connectivity index (χ3n) is 4.95. The van der Waals surface area contributed by atoms with Crippen molar-refractivity contribution in [2.24, 2.45) is 5.92 Å². The first kappa shape index (κ1) is 17.9. The Labute approximate surface area is 133 Å². The van der Waals surface area contributed by atoms with E-state index < -0.39 is 28.3 Å². The van der Waals surface area contributed by atoms with Crippen LogP contribution in [0.3, 0.4) is 0 Å². The summed E-state index contributed by atoms with van der Waals surface area (Å²) in [6.07, 6.45) is 2.28. The average Bonchev–Trinajstić information content (AvgIpc) is 2.50. The highest BCUT2D eigenvalue weighted by Crippen LogP contribution is 2.43. The van der Waals surface area contributed by atoms with Crippen LogP contribution in [0.1, 0.15) is 40.5 Å². The topological polar surface area (TPSA) is 55.8 Å². The van der Waals surface area contributed by atoms with Crippen LogP contribution in [0.5, 0.6) is 0 Å². The summed E-state index contributed by atoms with van der Waals surface area (Å²) in [5, 5.41) is 0. The molecule has 1 heterocycles. The van der Waals surface area contributed by atoms with E-state index in [-0.39, 0.29) is 11.6 Å². The lowest BCUT2D eigenvalue weighted by Gasteiger charge is -2.32.